The van der Waals surface area contributed by atoms with E-state index in [1.807, 2.05) is 49.4 Å². The largest absolute Gasteiger partial charge is 0.310 e. The van der Waals surface area contributed by atoms with Crippen LogP contribution >= 0.6 is 0 Å². The maximum Gasteiger partial charge on any atom is 0.247 e. The summed E-state index contributed by atoms with van der Waals surface area (Å²) in [6, 6.07) is 14.9. The summed E-state index contributed by atoms with van der Waals surface area (Å²) in [6.45, 7) is 6.16. The van der Waals surface area contributed by atoms with Gasteiger partial charge in [0.15, 0.2) is 0 Å². The fraction of sp³-hybridized carbons (Fsp3) is 0.409. The lowest BCUT2D eigenvalue weighted by Gasteiger charge is -2.38. The van der Waals surface area contributed by atoms with Gasteiger partial charge in [0, 0.05) is 18.8 Å². The topological polar surface area (TPSA) is 77.6 Å². The van der Waals surface area contributed by atoms with Crippen molar-refractivity contribution in [1.29, 1.82) is 0 Å². The van der Waals surface area contributed by atoms with Gasteiger partial charge >= 0.3 is 0 Å². The summed E-state index contributed by atoms with van der Waals surface area (Å²) >= 11 is 0. The Bertz CT molecular complexity index is 888. The maximum atomic E-state index is 13.2. The lowest BCUT2D eigenvalue weighted by molar-refractivity contribution is -0.126. The molecule has 0 aliphatic carbocycles. The molecule has 0 saturated carbocycles. The highest BCUT2D eigenvalue weighted by Gasteiger charge is 2.50. The molecule has 2 aliphatic heterocycles. The van der Waals surface area contributed by atoms with E-state index in [1.165, 1.54) is 0 Å². The number of likely N-dealkylation sites (tertiary alicyclic amines) is 1. The Morgan fingerprint density at radius 1 is 1.17 bits per heavy atom. The van der Waals surface area contributed by atoms with Crippen molar-refractivity contribution in [2.75, 3.05) is 30.0 Å². The second kappa shape index (κ2) is 8.31. The molecule has 0 spiro atoms. The number of para-hydroxylation sites is 1. The van der Waals surface area contributed by atoms with Crippen LogP contribution < -0.4 is 15.8 Å². The standard InChI is InChI=1S/C22H27N5O2/c1-3-12-26-13-17(21(28)24-19-11-7-8-15(2)23-19)20-18(14-26)22(29)27(25-20)16-9-5-4-6-10-16/h4-11,17-18,20,25H,3,12-14H2,1-2H3,(H,23,24,28). The number of aromatic nitrogens is 1. The van der Waals surface area contributed by atoms with E-state index in [1.54, 1.807) is 11.1 Å². The summed E-state index contributed by atoms with van der Waals surface area (Å²) in [5, 5.41) is 4.56. The summed E-state index contributed by atoms with van der Waals surface area (Å²) in [6.07, 6.45) is 0.981. The van der Waals surface area contributed by atoms with Gasteiger partial charge in [0.1, 0.15) is 5.82 Å². The van der Waals surface area contributed by atoms with Crippen LogP contribution in [0, 0.1) is 18.8 Å². The number of nitrogens with one attached hydrogen (secondary N) is 2. The van der Waals surface area contributed by atoms with Gasteiger partial charge in [0.05, 0.1) is 23.6 Å². The number of nitrogens with zero attached hydrogens (tertiary/aromatic N) is 3. The number of amides is 2. The van der Waals surface area contributed by atoms with Crippen molar-refractivity contribution in [3.8, 4) is 0 Å². The van der Waals surface area contributed by atoms with Crippen molar-refractivity contribution in [2.45, 2.75) is 26.3 Å². The molecule has 1 aromatic heterocycles. The van der Waals surface area contributed by atoms with Crippen LogP contribution in [0.1, 0.15) is 19.0 Å². The van der Waals surface area contributed by atoms with E-state index < -0.39 is 0 Å². The minimum absolute atomic E-state index is 0.0217. The van der Waals surface area contributed by atoms with Crippen LogP contribution in [-0.4, -0.2) is 47.4 Å². The Labute approximate surface area is 171 Å². The number of piperidine rings is 1. The highest BCUT2D eigenvalue weighted by molar-refractivity contribution is 5.99. The quantitative estimate of drug-likeness (QED) is 0.814. The van der Waals surface area contributed by atoms with Crippen LogP contribution in [0.25, 0.3) is 0 Å². The average Bonchev–Trinajstić information content (AvgIpc) is 3.05. The molecule has 3 heterocycles. The minimum Gasteiger partial charge on any atom is -0.310 e. The number of aryl methyl sites for hydroxylation is 1. The van der Waals surface area contributed by atoms with Gasteiger partial charge in [-0.2, -0.15) is 0 Å². The van der Waals surface area contributed by atoms with Crippen LogP contribution in [0.15, 0.2) is 48.5 Å². The smallest absolute Gasteiger partial charge is 0.247 e. The monoisotopic (exact) mass is 393 g/mol. The van der Waals surface area contributed by atoms with E-state index in [2.05, 4.69) is 27.6 Å². The molecule has 7 heteroatoms. The number of carbonyl (C=O) groups is 2. The molecule has 2 aromatic rings. The zero-order valence-electron chi connectivity index (χ0n) is 16.8. The van der Waals surface area contributed by atoms with Crippen LogP contribution in [0.4, 0.5) is 11.5 Å². The Hall–Kier alpha value is -2.77. The zero-order chi connectivity index (χ0) is 20.4. The molecule has 4 rings (SSSR count). The third-order valence-electron chi connectivity index (χ3n) is 5.62. The molecule has 7 nitrogen and oxygen atoms in total. The number of fused-ring (bicyclic) bond motifs is 1. The van der Waals surface area contributed by atoms with E-state index >= 15 is 0 Å². The van der Waals surface area contributed by atoms with Crippen molar-refractivity contribution in [3.63, 3.8) is 0 Å². The van der Waals surface area contributed by atoms with Gasteiger partial charge in [-0.1, -0.05) is 31.2 Å². The number of carbonyl (C=O) groups excluding carboxylic acids is 2. The maximum absolute atomic E-state index is 13.2. The average molecular weight is 393 g/mol. The summed E-state index contributed by atoms with van der Waals surface area (Å²) < 4.78 is 0. The molecule has 2 amide bonds. The minimum atomic E-state index is -0.347. The Morgan fingerprint density at radius 2 is 1.97 bits per heavy atom. The summed E-state index contributed by atoms with van der Waals surface area (Å²) in [5.41, 5.74) is 4.97. The molecule has 0 bridgehead atoms. The van der Waals surface area contributed by atoms with Crippen molar-refractivity contribution >= 4 is 23.3 Å². The van der Waals surface area contributed by atoms with Gasteiger partial charge in [-0.3, -0.25) is 9.59 Å². The van der Waals surface area contributed by atoms with Crippen molar-refractivity contribution in [1.82, 2.24) is 15.3 Å². The van der Waals surface area contributed by atoms with Crippen LogP contribution in [0.2, 0.25) is 0 Å². The van der Waals surface area contributed by atoms with E-state index in [0.717, 1.165) is 24.3 Å². The second-order valence-corrected chi connectivity index (χ2v) is 7.79. The number of benzene rings is 1. The van der Waals surface area contributed by atoms with Gasteiger partial charge in [-0.05, 0) is 44.2 Å². The van der Waals surface area contributed by atoms with Gasteiger partial charge in [0.2, 0.25) is 11.8 Å². The van der Waals surface area contributed by atoms with Gasteiger partial charge in [-0.25, -0.2) is 15.4 Å². The Kier molecular flexibility index (Phi) is 5.60. The zero-order valence-corrected chi connectivity index (χ0v) is 16.8. The van der Waals surface area contributed by atoms with Crippen LogP contribution in [-0.2, 0) is 9.59 Å². The number of hydrazine groups is 1. The fourth-order valence-corrected chi connectivity index (χ4v) is 4.28. The first kappa shape index (κ1) is 19.5. The third-order valence-corrected chi connectivity index (χ3v) is 5.62. The van der Waals surface area contributed by atoms with Crippen molar-refractivity contribution in [2.24, 2.45) is 11.8 Å². The molecule has 3 unspecified atom stereocenters. The summed E-state index contributed by atoms with van der Waals surface area (Å²) in [5.74, 6) is -0.136. The molecule has 2 saturated heterocycles. The Morgan fingerprint density at radius 3 is 2.69 bits per heavy atom. The van der Waals surface area contributed by atoms with Crippen LogP contribution in [0.3, 0.4) is 0 Å². The predicted octanol–water partition coefficient (Wildman–Crippen LogP) is 2.21. The number of hydrogen-bond donors (Lipinski definition) is 2. The lowest BCUT2D eigenvalue weighted by atomic mass is 9.84. The predicted molar refractivity (Wildman–Crippen MR) is 112 cm³/mol. The molecule has 3 atom stereocenters. The summed E-state index contributed by atoms with van der Waals surface area (Å²) in [7, 11) is 0. The fourth-order valence-electron chi connectivity index (χ4n) is 4.28. The normalized spacial score (nSPS) is 24.4. The second-order valence-electron chi connectivity index (χ2n) is 7.79. The van der Waals surface area contributed by atoms with Gasteiger partial charge in [0.25, 0.3) is 0 Å². The van der Waals surface area contributed by atoms with Crippen molar-refractivity contribution < 1.29 is 9.59 Å². The molecule has 0 radical (unpaired) electrons. The van der Waals surface area contributed by atoms with E-state index in [0.29, 0.717) is 18.9 Å². The van der Waals surface area contributed by atoms with Gasteiger partial charge < -0.3 is 10.2 Å². The van der Waals surface area contributed by atoms with Gasteiger partial charge in [-0.15, -0.1) is 0 Å². The first-order chi connectivity index (χ1) is 14.1. The molecule has 29 heavy (non-hydrogen) atoms. The molecular weight excluding hydrogens is 366 g/mol. The lowest BCUT2D eigenvalue weighted by Crippen LogP contribution is -2.56. The first-order valence-corrected chi connectivity index (χ1v) is 10.2. The molecule has 1 aromatic carbocycles. The number of pyridine rings is 1. The number of anilines is 2. The highest BCUT2D eigenvalue weighted by Crippen LogP contribution is 2.32. The molecular formula is C22H27N5O2. The van der Waals surface area contributed by atoms with E-state index in [9.17, 15) is 9.59 Å². The summed E-state index contributed by atoms with van der Waals surface area (Å²) in [4.78, 5) is 32.9. The number of hydrogen-bond acceptors (Lipinski definition) is 5. The molecule has 2 aliphatic rings. The number of rotatable bonds is 5. The van der Waals surface area contributed by atoms with E-state index in [-0.39, 0.29) is 29.7 Å². The molecule has 152 valence electrons. The van der Waals surface area contributed by atoms with E-state index in [4.69, 9.17) is 0 Å². The van der Waals surface area contributed by atoms with Crippen LogP contribution in [0.5, 0.6) is 0 Å². The Balaban J connectivity index is 1.58. The SMILES string of the molecule is CCCN1CC(C(=O)Nc2cccc(C)n2)C2NN(c3ccccc3)C(=O)C2C1. The molecule has 2 fully saturated rings. The third kappa shape index (κ3) is 4.02. The first-order valence-electron chi connectivity index (χ1n) is 10.2. The highest BCUT2D eigenvalue weighted by atomic mass is 16.2. The molecule has 2 N–H and O–H groups in total. The van der Waals surface area contributed by atoms with Crippen molar-refractivity contribution in [3.05, 3.63) is 54.2 Å².